The molecular weight excluding hydrogens is 408 g/mol. The molecule has 7 nitrogen and oxygen atoms in total. The summed E-state index contributed by atoms with van der Waals surface area (Å²) in [5, 5.41) is 2.90. The van der Waals surface area contributed by atoms with Crippen LogP contribution in [0.15, 0.2) is 42.5 Å². The summed E-state index contributed by atoms with van der Waals surface area (Å²) in [5.74, 6) is 1.74. The normalized spacial score (nSPS) is 11.6. The summed E-state index contributed by atoms with van der Waals surface area (Å²) in [5.41, 5.74) is 1.88. The zero-order valence-corrected chi connectivity index (χ0v) is 19.8. The maximum Gasteiger partial charge on any atom is 0.242 e. The van der Waals surface area contributed by atoms with Crippen LogP contribution in [0.25, 0.3) is 0 Å². The third kappa shape index (κ3) is 6.90. The molecule has 2 aromatic carbocycles. The van der Waals surface area contributed by atoms with Gasteiger partial charge in [-0.3, -0.25) is 9.59 Å². The van der Waals surface area contributed by atoms with Gasteiger partial charge >= 0.3 is 0 Å². The van der Waals surface area contributed by atoms with E-state index in [9.17, 15) is 9.59 Å². The molecule has 2 aromatic rings. The summed E-state index contributed by atoms with van der Waals surface area (Å²) in [6, 6.07) is 12.5. The molecule has 0 aromatic heterocycles. The second-order valence-electron chi connectivity index (χ2n) is 7.90. The highest BCUT2D eigenvalue weighted by Crippen LogP contribution is 2.28. The second-order valence-corrected chi connectivity index (χ2v) is 7.90. The lowest BCUT2D eigenvalue weighted by Crippen LogP contribution is -2.49. The standard InChI is InChI=1S/C25H34N2O5/c1-17(2)26-25(29)18(3)27(16-20-7-11-21(30-4)12-8-20)24(28)14-10-19-9-13-22(31-5)23(15-19)32-6/h7-9,11-13,15,17-18H,10,14,16H2,1-6H3,(H,26,29)/t18-/m1/s1. The van der Waals surface area contributed by atoms with Crippen LogP contribution in [-0.2, 0) is 22.6 Å². The van der Waals surface area contributed by atoms with Gasteiger partial charge in [0.05, 0.1) is 21.3 Å². The minimum Gasteiger partial charge on any atom is -0.497 e. The van der Waals surface area contributed by atoms with E-state index in [-0.39, 0.29) is 24.3 Å². The highest BCUT2D eigenvalue weighted by atomic mass is 16.5. The Morgan fingerprint density at radius 3 is 2.06 bits per heavy atom. The van der Waals surface area contributed by atoms with Crippen LogP contribution < -0.4 is 19.5 Å². The Morgan fingerprint density at radius 2 is 1.50 bits per heavy atom. The van der Waals surface area contributed by atoms with E-state index in [2.05, 4.69) is 5.32 Å². The Kier molecular flexibility index (Phi) is 9.38. The Bertz CT molecular complexity index is 896. The van der Waals surface area contributed by atoms with Crippen molar-refractivity contribution in [2.24, 2.45) is 0 Å². The van der Waals surface area contributed by atoms with Crippen molar-refractivity contribution in [2.45, 2.75) is 52.2 Å². The number of benzene rings is 2. The largest absolute Gasteiger partial charge is 0.497 e. The number of carbonyl (C=O) groups excluding carboxylic acids is 2. The smallest absolute Gasteiger partial charge is 0.242 e. The predicted molar refractivity (Wildman–Crippen MR) is 124 cm³/mol. The van der Waals surface area contributed by atoms with E-state index in [0.717, 1.165) is 16.9 Å². The summed E-state index contributed by atoms with van der Waals surface area (Å²) in [7, 11) is 4.78. The minimum atomic E-state index is -0.600. The molecule has 1 N–H and O–H groups in total. The van der Waals surface area contributed by atoms with Crippen molar-refractivity contribution in [3.05, 3.63) is 53.6 Å². The molecule has 0 aliphatic carbocycles. The number of hydrogen-bond acceptors (Lipinski definition) is 5. The van der Waals surface area contributed by atoms with Gasteiger partial charge in [-0.05, 0) is 62.6 Å². The Morgan fingerprint density at radius 1 is 0.875 bits per heavy atom. The van der Waals surface area contributed by atoms with Crippen LogP contribution in [0, 0.1) is 0 Å². The molecular formula is C25H34N2O5. The van der Waals surface area contributed by atoms with Gasteiger partial charge in [0.1, 0.15) is 11.8 Å². The van der Waals surface area contributed by atoms with E-state index in [4.69, 9.17) is 14.2 Å². The Hall–Kier alpha value is -3.22. The van der Waals surface area contributed by atoms with E-state index >= 15 is 0 Å². The molecule has 0 spiro atoms. The lowest BCUT2D eigenvalue weighted by atomic mass is 10.1. The van der Waals surface area contributed by atoms with E-state index in [1.807, 2.05) is 56.3 Å². The summed E-state index contributed by atoms with van der Waals surface area (Å²) in [6.07, 6.45) is 0.793. The molecule has 2 amide bonds. The van der Waals surface area contributed by atoms with Crippen molar-refractivity contribution in [1.29, 1.82) is 0 Å². The molecule has 0 aliphatic rings. The first-order valence-corrected chi connectivity index (χ1v) is 10.7. The van der Waals surface area contributed by atoms with Crippen molar-refractivity contribution in [2.75, 3.05) is 21.3 Å². The van der Waals surface area contributed by atoms with E-state index < -0.39 is 6.04 Å². The molecule has 32 heavy (non-hydrogen) atoms. The first-order chi connectivity index (χ1) is 15.3. The number of nitrogens with zero attached hydrogens (tertiary/aromatic N) is 1. The molecule has 2 rings (SSSR count). The summed E-state index contributed by atoms with van der Waals surface area (Å²) in [4.78, 5) is 27.5. The molecule has 7 heteroatoms. The summed E-state index contributed by atoms with van der Waals surface area (Å²) >= 11 is 0. The molecule has 0 bridgehead atoms. The van der Waals surface area contributed by atoms with Crippen LogP contribution in [0.4, 0.5) is 0 Å². The second kappa shape index (κ2) is 12.0. The van der Waals surface area contributed by atoms with Crippen LogP contribution in [0.3, 0.4) is 0 Å². The number of carbonyl (C=O) groups is 2. The first-order valence-electron chi connectivity index (χ1n) is 10.7. The van der Waals surface area contributed by atoms with E-state index in [0.29, 0.717) is 24.5 Å². The molecule has 0 heterocycles. The van der Waals surface area contributed by atoms with Crippen LogP contribution in [0.1, 0.15) is 38.3 Å². The van der Waals surface area contributed by atoms with E-state index in [1.165, 1.54) is 0 Å². The summed E-state index contributed by atoms with van der Waals surface area (Å²) in [6.45, 7) is 5.89. The number of hydrogen-bond donors (Lipinski definition) is 1. The SMILES string of the molecule is COc1ccc(CN(C(=O)CCc2ccc(OC)c(OC)c2)[C@H](C)C(=O)NC(C)C)cc1. The van der Waals surface area contributed by atoms with Gasteiger partial charge in [-0.15, -0.1) is 0 Å². The van der Waals surface area contributed by atoms with Crippen molar-refractivity contribution >= 4 is 11.8 Å². The third-order valence-electron chi connectivity index (χ3n) is 5.19. The molecule has 0 radical (unpaired) electrons. The van der Waals surface area contributed by atoms with Gasteiger partial charge in [0.15, 0.2) is 11.5 Å². The minimum absolute atomic E-state index is 0.00495. The fraction of sp³-hybridized carbons (Fsp3) is 0.440. The van der Waals surface area contributed by atoms with Gasteiger partial charge in [0.25, 0.3) is 0 Å². The maximum absolute atomic E-state index is 13.2. The fourth-order valence-corrected chi connectivity index (χ4v) is 3.35. The first kappa shape index (κ1) is 25.0. The molecule has 0 fully saturated rings. The lowest BCUT2D eigenvalue weighted by Gasteiger charge is -2.29. The molecule has 0 unspecified atom stereocenters. The molecule has 174 valence electrons. The van der Waals surface area contributed by atoms with Crippen LogP contribution >= 0.6 is 0 Å². The lowest BCUT2D eigenvalue weighted by molar-refractivity contribution is -0.140. The van der Waals surface area contributed by atoms with Crippen LogP contribution in [0.5, 0.6) is 17.2 Å². The molecule has 0 saturated heterocycles. The molecule has 0 saturated carbocycles. The maximum atomic E-state index is 13.2. The quantitative estimate of drug-likeness (QED) is 0.576. The zero-order valence-electron chi connectivity index (χ0n) is 19.8. The highest BCUT2D eigenvalue weighted by Gasteiger charge is 2.26. The molecule has 1 atom stereocenters. The average Bonchev–Trinajstić information content (AvgIpc) is 2.80. The van der Waals surface area contributed by atoms with Crippen molar-refractivity contribution < 1.29 is 23.8 Å². The van der Waals surface area contributed by atoms with Gasteiger partial charge in [-0.1, -0.05) is 18.2 Å². The predicted octanol–water partition coefficient (Wildman–Crippen LogP) is 3.59. The monoisotopic (exact) mass is 442 g/mol. The molecule has 0 aliphatic heterocycles. The van der Waals surface area contributed by atoms with Gasteiger partial charge in [0, 0.05) is 19.0 Å². The number of amides is 2. The van der Waals surface area contributed by atoms with Gasteiger partial charge in [-0.25, -0.2) is 0 Å². The number of ether oxygens (including phenoxy) is 3. The van der Waals surface area contributed by atoms with Crippen LogP contribution in [0.2, 0.25) is 0 Å². The van der Waals surface area contributed by atoms with E-state index in [1.54, 1.807) is 33.2 Å². The van der Waals surface area contributed by atoms with Gasteiger partial charge in [-0.2, -0.15) is 0 Å². The average molecular weight is 443 g/mol. The number of rotatable bonds is 11. The number of methoxy groups -OCH3 is 3. The fourth-order valence-electron chi connectivity index (χ4n) is 3.35. The van der Waals surface area contributed by atoms with Crippen molar-refractivity contribution in [3.8, 4) is 17.2 Å². The Labute approximate surface area is 190 Å². The van der Waals surface area contributed by atoms with Crippen molar-refractivity contribution in [3.63, 3.8) is 0 Å². The van der Waals surface area contributed by atoms with Gasteiger partial charge in [0.2, 0.25) is 11.8 Å². The van der Waals surface area contributed by atoms with Crippen molar-refractivity contribution in [1.82, 2.24) is 10.2 Å². The summed E-state index contributed by atoms with van der Waals surface area (Å²) < 4.78 is 15.8. The number of nitrogens with one attached hydrogen (secondary N) is 1. The van der Waals surface area contributed by atoms with Gasteiger partial charge < -0.3 is 24.4 Å². The Balaban J connectivity index is 2.17. The third-order valence-corrected chi connectivity index (χ3v) is 5.19. The number of aryl methyl sites for hydroxylation is 1. The topological polar surface area (TPSA) is 77.1 Å². The zero-order chi connectivity index (χ0) is 23.7. The highest BCUT2D eigenvalue weighted by molar-refractivity contribution is 5.87. The van der Waals surface area contributed by atoms with Crippen LogP contribution in [-0.4, -0.2) is 50.1 Å².